The normalized spacial score (nSPS) is 21.8. The Labute approximate surface area is 146 Å². The predicted octanol–water partition coefficient (Wildman–Crippen LogP) is 2.55. The molecule has 0 radical (unpaired) electrons. The summed E-state index contributed by atoms with van der Waals surface area (Å²) in [5, 5.41) is 8.66. The second kappa shape index (κ2) is 6.17. The lowest BCUT2D eigenvalue weighted by molar-refractivity contribution is -0.149. The highest BCUT2D eigenvalue weighted by atomic mass is 16.6. The molecule has 6 nitrogen and oxygen atoms in total. The molecule has 2 aliphatic rings. The fourth-order valence-electron chi connectivity index (χ4n) is 4.31. The number of ether oxygens (including phenoxy) is 1. The summed E-state index contributed by atoms with van der Waals surface area (Å²) in [6.45, 7) is 3.20. The molecule has 132 valence electrons. The standard InChI is InChI=1S/C19H23N3O3/c1-2-22-16-8-4-3-7-13(16)15(21-22)12-20-18(24)14-11-17(23)25-19(14)9-5-6-10-19/h3-4,7-8,14H,2,5-6,9-12H2,1H3,(H,20,24). The van der Waals surface area contributed by atoms with Gasteiger partial charge in [-0.25, -0.2) is 0 Å². The van der Waals surface area contributed by atoms with Gasteiger partial charge in [0.25, 0.3) is 0 Å². The third-order valence-electron chi connectivity index (χ3n) is 5.55. The average Bonchev–Trinajstić information content (AvgIpc) is 3.31. The molecule has 6 heteroatoms. The number of carbonyl (C=O) groups is 2. The van der Waals surface area contributed by atoms with Crippen LogP contribution in [0.15, 0.2) is 24.3 Å². The van der Waals surface area contributed by atoms with Gasteiger partial charge in [-0.3, -0.25) is 14.3 Å². The van der Waals surface area contributed by atoms with Crippen LogP contribution in [0, 0.1) is 5.92 Å². The number of hydrogen-bond acceptors (Lipinski definition) is 4. The number of para-hydroxylation sites is 1. The van der Waals surface area contributed by atoms with Gasteiger partial charge in [0.1, 0.15) is 5.60 Å². The van der Waals surface area contributed by atoms with E-state index in [1.54, 1.807) is 0 Å². The molecule has 1 amide bonds. The third-order valence-corrected chi connectivity index (χ3v) is 5.55. The van der Waals surface area contributed by atoms with Crippen LogP contribution in [0.1, 0.15) is 44.7 Å². The number of fused-ring (bicyclic) bond motifs is 1. The van der Waals surface area contributed by atoms with Crippen LogP contribution in [0.4, 0.5) is 0 Å². The molecule has 2 aromatic rings. The molecule has 1 aromatic heterocycles. The zero-order valence-corrected chi connectivity index (χ0v) is 14.5. The van der Waals surface area contributed by atoms with Gasteiger partial charge in [0, 0.05) is 11.9 Å². The highest BCUT2D eigenvalue weighted by Gasteiger charge is 2.53. The molecule has 2 fully saturated rings. The van der Waals surface area contributed by atoms with Gasteiger partial charge in [-0.1, -0.05) is 18.2 Å². The Morgan fingerprint density at radius 3 is 2.88 bits per heavy atom. The fraction of sp³-hybridized carbons (Fsp3) is 0.526. The van der Waals surface area contributed by atoms with Crippen LogP contribution in [0.2, 0.25) is 0 Å². The predicted molar refractivity (Wildman–Crippen MR) is 92.7 cm³/mol. The molecule has 1 aliphatic heterocycles. The first kappa shape index (κ1) is 16.1. The fourth-order valence-corrected chi connectivity index (χ4v) is 4.31. The van der Waals surface area contributed by atoms with E-state index >= 15 is 0 Å². The van der Waals surface area contributed by atoms with E-state index in [9.17, 15) is 9.59 Å². The first-order valence-corrected chi connectivity index (χ1v) is 9.07. The number of nitrogens with zero attached hydrogens (tertiary/aromatic N) is 2. The number of rotatable bonds is 4. The smallest absolute Gasteiger partial charge is 0.307 e. The van der Waals surface area contributed by atoms with Gasteiger partial charge >= 0.3 is 5.97 Å². The summed E-state index contributed by atoms with van der Waals surface area (Å²) in [4.78, 5) is 24.6. The maximum absolute atomic E-state index is 12.8. The molecule has 1 aromatic carbocycles. The zero-order valence-electron chi connectivity index (χ0n) is 14.5. The van der Waals surface area contributed by atoms with Crippen LogP contribution < -0.4 is 5.32 Å². The van der Waals surface area contributed by atoms with E-state index < -0.39 is 5.60 Å². The Kier molecular flexibility index (Phi) is 3.98. The van der Waals surface area contributed by atoms with Crippen molar-refractivity contribution in [3.63, 3.8) is 0 Å². The molecular weight excluding hydrogens is 318 g/mol. The number of nitrogens with one attached hydrogen (secondary N) is 1. The molecule has 1 unspecified atom stereocenters. The van der Waals surface area contributed by atoms with E-state index in [1.165, 1.54) is 0 Å². The Bertz CT molecular complexity index is 820. The number of carbonyl (C=O) groups excluding carboxylic acids is 2. The average molecular weight is 341 g/mol. The lowest BCUT2D eigenvalue weighted by Crippen LogP contribution is -2.42. The number of esters is 1. The van der Waals surface area contributed by atoms with E-state index in [0.717, 1.165) is 48.8 Å². The molecule has 1 saturated carbocycles. The van der Waals surface area contributed by atoms with Crippen molar-refractivity contribution in [2.45, 2.75) is 57.7 Å². The summed E-state index contributed by atoms with van der Waals surface area (Å²) in [5.41, 5.74) is 1.36. The van der Waals surface area contributed by atoms with Gasteiger partial charge in [-0.15, -0.1) is 0 Å². The molecule has 1 atom stereocenters. The Morgan fingerprint density at radius 2 is 2.12 bits per heavy atom. The quantitative estimate of drug-likeness (QED) is 0.868. The summed E-state index contributed by atoms with van der Waals surface area (Å²) in [5.74, 6) is -0.715. The van der Waals surface area contributed by atoms with E-state index in [1.807, 2.05) is 35.9 Å². The minimum atomic E-state index is -0.563. The molecule has 25 heavy (non-hydrogen) atoms. The van der Waals surface area contributed by atoms with Gasteiger partial charge in [0.05, 0.1) is 30.1 Å². The number of aryl methyl sites for hydroxylation is 1. The summed E-state index contributed by atoms with van der Waals surface area (Å²) in [6.07, 6.45) is 3.82. The maximum Gasteiger partial charge on any atom is 0.307 e. The summed E-state index contributed by atoms with van der Waals surface area (Å²) >= 11 is 0. The van der Waals surface area contributed by atoms with Crippen LogP contribution in [-0.2, 0) is 27.4 Å². The highest BCUT2D eigenvalue weighted by Crippen LogP contribution is 2.45. The zero-order chi connectivity index (χ0) is 17.4. The topological polar surface area (TPSA) is 73.2 Å². The van der Waals surface area contributed by atoms with Crippen molar-refractivity contribution in [1.82, 2.24) is 15.1 Å². The highest BCUT2D eigenvalue weighted by molar-refractivity contribution is 5.88. The van der Waals surface area contributed by atoms with Gasteiger partial charge in [0.15, 0.2) is 0 Å². The summed E-state index contributed by atoms with van der Waals surface area (Å²) in [6, 6.07) is 8.03. The molecule has 2 heterocycles. The molecule has 1 spiro atoms. The number of amides is 1. The Balaban J connectivity index is 1.52. The van der Waals surface area contributed by atoms with E-state index in [4.69, 9.17) is 4.74 Å². The van der Waals surface area contributed by atoms with Crippen molar-refractivity contribution >= 4 is 22.8 Å². The third kappa shape index (κ3) is 2.69. The molecule has 0 bridgehead atoms. The van der Waals surface area contributed by atoms with Crippen LogP contribution in [0.3, 0.4) is 0 Å². The maximum atomic E-state index is 12.8. The van der Waals surface area contributed by atoms with E-state index in [0.29, 0.717) is 6.54 Å². The number of benzene rings is 1. The van der Waals surface area contributed by atoms with Crippen molar-refractivity contribution in [3.05, 3.63) is 30.0 Å². The second-order valence-corrected chi connectivity index (χ2v) is 7.00. The van der Waals surface area contributed by atoms with Gasteiger partial charge < -0.3 is 10.1 Å². The number of hydrogen-bond donors (Lipinski definition) is 1. The molecule has 1 N–H and O–H groups in total. The largest absolute Gasteiger partial charge is 0.458 e. The first-order valence-electron chi connectivity index (χ1n) is 9.07. The minimum absolute atomic E-state index is 0.0946. The minimum Gasteiger partial charge on any atom is -0.458 e. The van der Waals surface area contributed by atoms with Crippen LogP contribution in [0.5, 0.6) is 0 Å². The van der Waals surface area contributed by atoms with Crippen LogP contribution in [0.25, 0.3) is 10.9 Å². The van der Waals surface area contributed by atoms with Crippen molar-refractivity contribution in [2.24, 2.45) is 5.92 Å². The van der Waals surface area contributed by atoms with Crippen LogP contribution >= 0.6 is 0 Å². The monoisotopic (exact) mass is 341 g/mol. The molecule has 4 rings (SSSR count). The molecule has 1 aliphatic carbocycles. The van der Waals surface area contributed by atoms with Crippen molar-refractivity contribution < 1.29 is 14.3 Å². The summed E-state index contributed by atoms with van der Waals surface area (Å²) < 4.78 is 7.51. The summed E-state index contributed by atoms with van der Waals surface area (Å²) in [7, 11) is 0. The van der Waals surface area contributed by atoms with Crippen molar-refractivity contribution in [1.29, 1.82) is 0 Å². The lowest BCUT2D eigenvalue weighted by Gasteiger charge is -2.27. The number of aromatic nitrogens is 2. The second-order valence-electron chi connectivity index (χ2n) is 7.00. The Morgan fingerprint density at radius 1 is 1.36 bits per heavy atom. The first-order chi connectivity index (χ1) is 12.1. The molecule has 1 saturated heterocycles. The van der Waals surface area contributed by atoms with E-state index in [-0.39, 0.29) is 24.2 Å². The SMILES string of the molecule is CCn1nc(CNC(=O)C2CC(=O)OC23CCCC3)c2ccccc21. The molecular formula is C19H23N3O3. The van der Waals surface area contributed by atoms with E-state index in [2.05, 4.69) is 10.4 Å². The van der Waals surface area contributed by atoms with Gasteiger partial charge in [-0.2, -0.15) is 5.10 Å². The van der Waals surface area contributed by atoms with Crippen molar-refractivity contribution in [2.75, 3.05) is 0 Å². The Hall–Kier alpha value is -2.37. The van der Waals surface area contributed by atoms with Gasteiger partial charge in [-0.05, 0) is 38.7 Å². The van der Waals surface area contributed by atoms with Gasteiger partial charge in [0.2, 0.25) is 5.91 Å². The lowest BCUT2D eigenvalue weighted by atomic mass is 9.85. The van der Waals surface area contributed by atoms with Crippen LogP contribution in [-0.4, -0.2) is 27.3 Å². The van der Waals surface area contributed by atoms with Crippen molar-refractivity contribution in [3.8, 4) is 0 Å².